The third-order valence-corrected chi connectivity index (χ3v) is 6.00. The van der Waals surface area contributed by atoms with Crippen LogP contribution < -0.4 is 15.2 Å². The summed E-state index contributed by atoms with van der Waals surface area (Å²) in [7, 11) is 1.58. The number of hydrogen-bond donors (Lipinski definition) is 2. The summed E-state index contributed by atoms with van der Waals surface area (Å²) in [5.41, 5.74) is 9.31. The summed E-state index contributed by atoms with van der Waals surface area (Å²) < 4.78 is 17.1. The van der Waals surface area contributed by atoms with Gasteiger partial charge in [0.1, 0.15) is 28.9 Å². The highest BCUT2D eigenvalue weighted by Gasteiger charge is 2.37. The maximum atomic E-state index is 11.4. The van der Waals surface area contributed by atoms with Crippen LogP contribution in [0.1, 0.15) is 22.8 Å². The molecule has 0 saturated heterocycles. The van der Waals surface area contributed by atoms with Gasteiger partial charge in [-0.3, -0.25) is 15.2 Å². The number of rotatable bonds is 5. The second-order valence-corrected chi connectivity index (χ2v) is 7.88. The highest BCUT2D eigenvalue weighted by Crippen LogP contribution is 2.47. The molecule has 1 atom stereocenters. The molecule has 3 N–H and O–H groups in total. The van der Waals surface area contributed by atoms with E-state index in [1.165, 1.54) is 6.07 Å². The number of furan rings is 1. The number of nitrogens with two attached hydrogens (primary N) is 1. The maximum Gasteiger partial charge on any atom is 0.273 e. The van der Waals surface area contributed by atoms with Crippen molar-refractivity contribution in [2.45, 2.75) is 12.8 Å². The first kappa shape index (κ1) is 21.8. The number of nitro groups is 1. The van der Waals surface area contributed by atoms with Crippen LogP contribution in [0.5, 0.6) is 11.6 Å². The largest absolute Gasteiger partial charge is 0.497 e. The molecule has 1 aliphatic heterocycles. The van der Waals surface area contributed by atoms with Crippen molar-refractivity contribution in [3.63, 3.8) is 0 Å². The molecule has 4 aromatic rings. The lowest BCUT2D eigenvalue weighted by molar-refractivity contribution is -0.385. The van der Waals surface area contributed by atoms with Gasteiger partial charge in [-0.2, -0.15) is 5.26 Å². The first-order valence-electron chi connectivity index (χ1n) is 10.6. The molecule has 1 aliphatic rings. The van der Waals surface area contributed by atoms with E-state index in [1.807, 2.05) is 24.3 Å². The van der Waals surface area contributed by atoms with Crippen molar-refractivity contribution in [1.29, 1.82) is 5.26 Å². The number of benzene rings is 2. The summed E-state index contributed by atoms with van der Waals surface area (Å²) in [5, 5.41) is 28.5. The number of ether oxygens (including phenoxy) is 2. The molecule has 0 saturated carbocycles. The minimum atomic E-state index is -0.702. The Balaban J connectivity index is 1.64. The quantitative estimate of drug-likeness (QED) is 0.313. The lowest BCUT2D eigenvalue weighted by atomic mass is 9.86. The molecule has 2 aromatic carbocycles. The number of aromatic nitrogens is 2. The van der Waals surface area contributed by atoms with Crippen molar-refractivity contribution in [2.75, 3.05) is 7.11 Å². The van der Waals surface area contributed by atoms with Crippen LogP contribution in [0.15, 0.2) is 70.5 Å². The smallest absolute Gasteiger partial charge is 0.273 e. The average Bonchev–Trinajstić information content (AvgIpc) is 3.50. The van der Waals surface area contributed by atoms with Crippen molar-refractivity contribution in [2.24, 2.45) is 5.73 Å². The zero-order valence-corrected chi connectivity index (χ0v) is 18.7. The number of nitro benzene ring substituents is 1. The predicted octanol–water partition coefficient (Wildman–Crippen LogP) is 4.78. The molecule has 0 bridgehead atoms. The minimum Gasteiger partial charge on any atom is -0.497 e. The number of allylic oxidation sites excluding steroid dienone is 1. The van der Waals surface area contributed by atoms with Crippen molar-refractivity contribution in [1.82, 2.24) is 10.2 Å². The molecule has 0 aliphatic carbocycles. The van der Waals surface area contributed by atoms with Gasteiger partial charge < -0.3 is 19.6 Å². The van der Waals surface area contributed by atoms with Crippen LogP contribution in [0.2, 0.25) is 0 Å². The fourth-order valence-electron chi connectivity index (χ4n) is 4.25. The Hall–Kier alpha value is -5.04. The van der Waals surface area contributed by atoms with Crippen molar-refractivity contribution < 1.29 is 18.8 Å². The van der Waals surface area contributed by atoms with Crippen molar-refractivity contribution in [3.05, 3.63) is 93.1 Å². The summed E-state index contributed by atoms with van der Waals surface area (Å²) >= 11 is 0. The van der Waals surface area contributed by atoms with Gasteiger partial charge in [-0.05, 0) is 43.3 Å². The Bertz CT molecular complexity index is 1520. The van der Waals surface area contributed by atoms with Gasteiger partial charge in [0.05, 0.1) is 29.2 Å². The first-order chi connectivity index (χ1) is 16.9. The number of H-pyrrole nitrogens is 1. The van der Waals surface area contributed by atoms with Crippen molar-refractivity contribution >= 4 is 5.69 Å². The standard InChI is InChI=1S/C25H19N5O5/c1-13-16(4-3-5-18(13)30(31)32)19-10-11-20(34-19)21-17(12-26)24(27)35-25-22(21)23(28-29-25)14-6-8-15(33-2)9-7-14/h3-11,21H,27H2,1-2H3,(H,28,29)/t21-/m0/s1. The molecule has 3 heterocycles. The van der Waals surface area contributed by atoms with E-state index in [0.717, 1.165) is 5.56 Å². The molecule has 0 radical (unpaired) electrons. The lowest BCUT2D eigenvalue weighted by Crippen LogP contribution is -2.20. The summed E-state index contributed by atoms with van der Waals surface area (Å²) in [6.07, 6.45) is 0. The number of nitriles is 1. The van der Waals surface area contributed by atoms with E-state index in [0.29, 0.717) is 39.7 Å². The van der Waals surface area contributed by atoms with E-state index < -0.39 is 10.8 Å². The topological polar surface area (TPSA) is 153 Å². The zero-order chi connectivity index (χ0) is 24.7. The molecule has 35 heavy (non-hydrogen) atoms. The second-order valence-electron chi connectivity index (χ2n) is 7.88. The minimum absolute atomic E-state index is 0.00715. The number of methoxy groups -OCH3 is 1. The number of fused-ring (bicyclic) bond motifs is 1. The summed E-state index contributed by atoms with van der Waals surface area (Å²) in [5.74, 6) is 1.02. The van der Waals surface area contributed by atoms with Crippen LogP contribution >= 0.6 is 0 Å². The number of hydrogen-bond acceptors (Lipinski definition) is 8. The van der Waals surface area contributed by atoms with E-state index in [9.17, 15) is 15.4 Å². The summed E-state index contributed by atoms with van der Waals surface area (Å²) in [4.78, 5) is 10.9. The molecule has 2 aromatic heterocycles. The van der Waals surface area contributed by atoms with Gasteiger partial charge in [0, 0.05) is 22.8 Å². The van der Waals surface area contributed by atoms with Crippen molar-refractivity contribution in [3.8, 4) is 40.3 Å². The van der Waals surface area contributed by atoms with Gasteiger partial charge in [0.2, 0.25) is 11.8 Å². The van der Waals surface area contributed by atoms with Gasteiger partial charge >= 0.3 is 0 Å². The molecule has 10 heteroatoms. The fraction of sp³-hybridized carbons (Fsp3) is 0.120. The molecular weight excluding hydrogens is 450 g/mol. The zero-order valence-electron chi connectivity index (χ0n) is 18.7. The lowest BCUT2D eigenvalue weighted by Gasteiger charge is -2.22. The van der Waals surface area contributed by atoms with Gasteiger partial charge in [-0.1, -0.05) is 12.1 Å². The molecule has 0 fully saturated rings. The fourth-order valence-corrected chi connectivity index (χ4v) is 4.25. The molecule has 0 unspecified atom stereocenters. The van der Waals surface area contributed by atoms with E-state index in [2.05, 4.69) is 16.3 Å². The third-order valence-electron chi connectivity index (χ3n) is 6.00. The second kappa shape index (κ2) is 8.39. The van der Waals surface area contributed by atoms with E-state index in [1.54, 1.807) is 38.3 Å². The number of aromatic amines is 1. The van der Waals surface area contributed by atoms with E-state index in [4.69, 9.17) is 19.6 Å². The Morgan fingerprint density at radius 2 is 1.97 bits per heavy atom. The monoisotopic (exact) mass is 469 g/mol. The first-order valence-corrected chi connectivity index (χ1v) is 10.6. The number of nitrogens with one attached hydrogen (secondary N) is 1. The normalized spacial score (nSPS) is 14.7. The Morgan fingerprint density at radius 1 is 1.20 bits per heavy atom. The maximum absolute atomic E-state index is 11.4. The summed E-state index contributed by atoms with van der Waals surface area (Å²) in [6, 6.07) is 17.7. The Labute approximate surface area is 199 Å². The van der Waals surface area contributed by atoms with Crippen LogP contribution in [0.25, 0.3) is 22.6 Å². The van der Waals surface area contributed by atoms with Crippen LogP contribution in [0, 0.1) is 28.4 Å². The van der Waals surface area contributed by atoms with Crippen LogP contribution in [0.3, 0.4) is 0 Å². The third kappa shape index (κ3) is 3.55. The van der Waals surface area contributed by atoms with Crippen LogP contribution in [-0.4, -0.2) is 22.2 Å². The Kier molecular flexibility index (Phi) is 5.22. The highest BCUT2D eigenvalue weighted by molar-refractivity contribution is 5.72. The Morgan fingerprint density at radius 3 is 2.66 bits per heavy atom. The summed E-state index contributed by atoms with van der Waals surface area (Å²) in [6.45, 7) is 1.67. The van der Waals surface area contributed by atoms with E-state index >= 15 is 0 Å². The van der Waals surface area contributed by atoms with Gasteiger partial charge in [0.15, 0.2) is 0 Å². The van der Waals surface area contributed by atoms with Crippen LogP contribution in [0.4, 0.5) is 5.69 Å². The predicted molar refractivity (Wildman–Crippen MR) is 125 cm³/mol. The van der Waals surface area contributed by atoms with Crippen LogP contribution in [-0.2, 0) is 0 Å². The molecule has 0 spiro atoms. The molecule has 10 nitrogen and oxygen atoms in total. The van der Waals surface area contributed by atoms with Gasteiger partial charge in [0.25, 0.3) is 5.69 Å². The van der Waals surface area contributed by atoms with Gasteiger partial charge in [-0.25, -0.2) is 0 Å². The SMILES string of the molecule is COc1ccc(-c2[nH]nc3c2[C@H](c2ccc(-c4cccc([N+](=O)[O-])c4C)o2)C(C#N)=C(N)O3)cc1. The van der Waals surface area contributed by atoms with Gasteiger partial charge in [-0.15, -0.1) is 5.10 Å². The van der Waals surface area contributed by atoms with E-state index in [-0.39, 0.29) is 23.0 Å². The molecule has 0 amide bonds. The molecule has 5 rings (SSSR count). The average molecular weight is 469 g/mol. The molecular formula is C25H19N5O5. The molecule has 174 valence electrons. The highest BCUT2D eigenvalue weighted by atomic mass is 16.6. The number of nitrogens with zero attached hydrogens (tertiary/aromatic N) is 3.